The summed E-state index contributed by atoms with van der Waals surface area (Å²) < 4.78 is 0. The van der Waals surface area contributed by atoms with Crippen molar-refractivity contribution in [1.82, 2.24) is 0 Å². The number of rotatable bonds is 22. The van der Waals surface area contributed by atoms with Crippen LogP contribution in [0.3, 0.4) is 0 Å². The van der Waals surface area contributed by atoms with Gasteiger partial charge in [-0.3, -0.25) is 0 Å². The molecule has 0 aromatic rings. The molecule has 3 nitrogen and oxygen atoms in total. The van der Waals surface area contributed by atoms with Crippen LogP contribution in [0.15, 0.2) is 0 Å². The first-order valence-electron chi connectivity index (χ1n) is 12.1. The summed E-state index contributed by atoms with van der Waals surface area (Å²) in [4.78, 5) is 10.4. The molecule has 0 rings (SSSR count). The molecule has 1 atom stereocenters. The van der Waals surface area contributed by atoms with E-state index in [1.165, 1.54) is 109 Å². The summed E-state index contributed by atoms with van der Waals surface area (Å²) in [6.45, 7) is 2.28. The number of hydrogen-bond acceptors (Lipinski definition) is 3. The van der Waals surface area contributed by atoms with Crippen molar-refractivity contribution in [3.8, 4) is 0 Å². The van der Waals surface area contributed by atoms with Crippen molar-refractivity contribution in [1.29, 1.82) is 0 Å². The van der Waals surface area contributed by atoms with Crippen molar-refractivity contribution in [2.75, 3.05) is 0 Å². The predicted molar refractivity (Wildman–Crippen MR) is 114 cm³/mol. The van der Waals surface area contributed by atoms with Gasteiger partial charge in [0, 0.05) is 0 Å². The van der Waals surface area contributed by atoms with Gasteiger partial charge in [0.1, 0.15) is 0 Å². The molecule has 0 radical (unpaired) electrons. The minimum atomic E-state index is -1.34. The first kappa shape index (κ1) is 26.4. The second kappa shape index (κ2) is 21.7. The molecule has 3 heteroatoms. The van der Waals surface area contributed by atoms with Crippen LogP contribution in [0, 0.1) is 0 Å². The van der Waals surface area contributed by atoms with E-state index in [1.807, 2.05) is 0 Å². The van der Waals surface area contributed by atoms with Crippen LogP contribution in [0.25, 0.3) is 0 Å². The van der Waals surface area contributed by atoms with Gasteiger partial charge in [-0.05, 0) is 6.42 Å². The molecule has 0 saturated carbocycles. The number of carbonyl (C=O) groups is 1. The monoisotopic (exact) mass is 383 g/mol. The number of carboxylic acids is 1. The largest absolute Gasteiger partial charge is 0.547 e. The molecule has 162 valence electrons. The van der Waals surface area contributed by atoms with Crippen LogP contribution in [0.4, 0.5) is 0 Å². The quantitative estimate of drug-likeness (QED) is 0.223. The van der Waals surface area contributed by atoms with E-state index in [4.69, 9.17) is 5.11 Å². The number of carboxylic acid groups (broad SMARTS) is 1. The third kappa shape index (κ3) is 21.6. The van der Waals surface area contributed by atoms with Crippen LogP contribution in [-0.2, 0) is 4.79 Å². The lowest BCUT2D eigenvalue weighted by Gasteiger charge is -2.10. The number of aliphatic hydroxyl groups is 1. The highest BCUT2D eigenvalue weighted by Crippen LogP contribution is 2.15. The standard InChI is InChI=1S/C24H48O3/c1-2-3-4-5-6-7-8-9-10-11-12-13-14-15-16-17-18-19-20-21-22-23(25)24(26)27/h23,25H,2-22H2,1H3,(H,26,27)/p-1/t23-/m1/s1. The smallest absolute Gasteiger partial charge is 0.0933 e. The van der Waals surface area contributed by atoms with Crippen molar-refractivity contribution >= 4 is 5.97 Å². The van der Waals surface area contributed by atoms with Crippen molar-refractivity contribution in [3.63, 3.8) is 0 Å². The Bertz CT molecular complexity index is 304. The molecule has 0 aliphatic heterocycles. The average molecular weight is 384 g/mol. The summed E-state index contributed by atoms with van der Waals surface area (Å²) >= 11 is 0. The minimum absolute atomic E-state index is 0.335. The molecule has 0 fully saturated rings. The third-order valence-electron chi connectivity index (χ3n) is 5.60. The van der Waals surface area contributed by atoms with Crippen molar-refractivity contribution in [3.05, 3.63) is 0 Å². The van der Waals surface area contributed by atoms with Crippen molar-refractivity contribution < 1.29 is 15.0 Å². The van der Waals surface area contributed by atoms with Gasteiger partial charge in [-0.2, -0.15) is 0 Å². The van der Waals surface area contributed by atoms with E-state index < -0.39 is 12.1 Å². The fourth-order valence-corrected chi connectivity index (χ4v) is 3.71. The maximum atomic E-state index is 10.4. The van der Waals surface area contributed by atoms with Gasteiger partial charge < -0.3 is 15.0 Å². The fraction of sp³-hybridized carbons (Fsp3) is 0.958. The van der Waals surface area contributed by atoms with E-state index in [0.29, 0.717) is 6.42 Å². The highest BCUT2D eigenvalue weighted by atomic mass is 16.4. The van der Waals surface area contributed by atoms with Gasteiger partial charge in [-0.25, -0.2) is 0 Å². The SMILES string of the molecule is CCCCCCCCCCCCCCCCCCCCCC[C@@H](O)C(=O)[O-]. The molecule has 0 unspecified atom stereocenters. The lowest BCUT2D eigenvalue weighted by atomic mass is 10.0. The molecular weight excluding hydrogens is 336 g/mol. The van der Waals surface area contributed by atoms with Crippen LogP contribution in [-0.4, -0.2) is 17.2 Å². The second-order valence-electron chi connectivity index (χ2n) is 8.34. The Labute approximate surface area is 169 Å². The van der Waals surface area contributed by atoms with E-state index in [1.54, 1.807) is 0 Å². The number of hydrogen-bond donors (Lipinski definition) is 1. The van der Waals surface area contributed by atoms with E-state index in [0.717, 1.165) is 19.3 Å². The number of aliphatic hydroxyl groups excluding tert-OH is 1. The van der Waals surface area contributed by atoms with Gasteiger partial charge in [0.25, 0.3) is 0 Å². The molecule has 0 amide bonds. The number of unbranched alkanes of at least 4 members (excludes halogenated alkanes) is 19. The Hall–Kier alpha value is -0.570. The molecule has 0 aliphatic carbocycles. The molecule has 0 bridgehead atoms. The van der Waals surface area contributed by atoms with Crippen LogP contribution >= 0.6 is 0 Å². The van der Waals surface area contributed by atoms with Gasteiger partial charge in [0.2, 0.25) is 0 Å². The first-order valence-corrected chi connectivity index (χ1v) is 12.1. The molecule has 27 heavy (non-hydrogen) atoms. The maximum absolute atomic E-state index is 10.4. The Morgan fingerprint density at radius 2 is 0.852 bits per heavy atom. The van der Waals surface area contributed by atoms with Crippen LogP contribution in [0.1, 0.15) is 142 Å². The molecular formula is C24H47O3-. The third-order valence-corrected chi connectivity index (χ3v) is 5.60. The highest BCUT2D eigenvalue weighted by molar-refractivity contribution is 5.69. The summed E-state index contributed by atoms with van der Waals surface area (Å²) in [5, 5.41) is 19.5. The van der Waals surface area contributed by atoms with Gasteiger partial charge in [0.15, 0.2) is 0 Å². The lowest BCUT2D eigenvalue weighted by molar-refractivity contribution is -0.315. The molecule has 0 aliphatic rings. The fourth-order valence-electron chi connectivity index (χ4n) is 3.71. The Morgan fingerprint density at radius 1 is 0.593 bits per heavy atom. The number of carbonyl (C=O) groups excluding carboxylic acids is 1. The summed E-state index contributed by atoms with van der Waals surface area (Å²) in [5.41, 5.74) is 0. The van der Waals surface area contributed by atoms with Gasteiger partial charge in [-0.1, -0.05) is 135 Å². The summed E-state index contributed by atoms with van der Waals surface area (Å²) in [6.07, 6.45) is 25.7. The average Bonchev–Trinajstić information content (AvgIpc) is 2.66. The summed E-state index contributed by atoms with van der Waals surface area (Å²) in [5.74, 6) is -1.34. The topological polar surface area (TPSA) is 60.4 Å². The van der Waals surface area contributed by atoms with Gasteiger partial charge >= 0.3 is 0 Å². The van der Waals surface area contributed by atoms with Crippen LogP contribution in [0.5, 0.6) is 0 Å². The van der Waals surface area contributed by atoms with Crippen LogP contribution in [0.2, 0.25) is 0 Å². The Balaban J connectivity index is 3.04. The highest BCUT2D eigenvalue weighted by Gasteiger charge is 2.03. The first-order chi connectivity index (χ1) is 13.2. The van der Waals surface area contributed by atoms with E-state index >= 15 is 0 Å². The second-order valence-corrected chi connectivity index (χ2v) is 8.34. The van der Waals surface area contributed by atoms with Crippen molar-refractivity contribution in [2.24, 2.45) is 0 Å². The van der Waals surface area contributed by atoms with E-state index in [9.17, 15) is 9.90 Å². The lowest BCUT2D eigenvalue weighted by Crippen LogP contribution is -2.35. The van der Waals surface area contributed by atoms with Gasteiger partial charge in [-0.15, -0.1) is 0 Å². The minimum Gasteiger partial charge on any atom is -0.547 e. The van der Waals surface area contributed by atoms with Crippen molar-refractivity contribution in [2.45, 2.75) is 148 Å². The summed E-state index contributed by atoms with van der Waals surface area (Å²) in [7, 11) is 0. The predicted octanol–water partition coefficient (Wildman–Crippen LogP) is 6.31. The Morgan fingerprint density at radius 3 is 1.11 bits per heavy atom. The summed E-state index contributed by atoms with van der Waals surface area (Å²) in [6, 6.07) is 0. The van der Waals surface area contributed by atoms with Crippen LogP contribution < -0.4 is 5.11 Å². The maximum Gasteiger partial charge on any atom is 0.0933 e. The van der Waals surface area contributed by atoms with E-state index in [-0.39, 0.29) is 0 Å². The zero-order valence-corrected chi connectivity index (χ0v) is 18.2. The molecule has 0 saturated heterocycles. The zero-order chi connectivity index (χ0) is 20.0. The Kier molecular flexibility index (Phi) is 21.3. The normalized spacial score (nSPS) is 12.4. The molecule has 0 spiro atoms. The molecule has 0 heterocycles. The molecule has 0 aromatic carbocycles. The van der Waals surface area contributed by atoms with E-state index in [2.05, 4.69) is 6.92 Å². The molecule has 0 aromatic heterocycles. The number of aliphatic carboxylic acids is 1. The molecule has 1 N–H and O–H groups in total. The van der Waals surface area contributed by atoms with Gasteiger partial charge in [0.05, 0.1) is 12.1 Å². The zero-order valence-electron chi connectivity index (χ0n) is 18.2.